The molecule has 0 aromatic heterocycles. The van der Waals surface area contributed by atoms with Crippen LogP contribution >= 0.6 is 0 Å². The number of allylic oxidation sites excluding steroid dienone is 2. The molecule has 1 aromatic carbocycles. The van der Waals surface area contributed by atoms with Crippen LogP contribution in [0.4, 0.5) is 0 Å². The van der Waals surface area contributed by atoms with E-state index in [1.807, 2.05) is 37.3 Å². The summed E-state index contributed by atoms with van der Waals surface area (Å²) >= 11 is 0. The van der Waals surface area contributed by atoms with E-state index >= 15 is 0 Å². The van der Waals surface area contributed by atoms with Gasteiger partial charge in [0.15, 0.2) is 11.5 Å². The van der Waals surface area contributed by atoms with Gasteiger partial charge < -0.3 is 14.6 Å². The lowest BCUT2D eigenvalue weighted by molar-refractivity contribution is -0.114. The lowest BCUT2D eigenvalue weighted by Crippen LogP contribution is -2.30. The number of carbonyl (C=O) groups is 1. The minimum atomic E-state index is -0.668. The van der Waals surface area contributed by atoms with E-state index < -0.39 is 5.41 Å². The molecule has 0 fully saturated rings. The lowest BCUT2D eigenvalue weighted by Gasteiger charge is -2.35. The largest absolute Gasteiger partial charge is 0.504 e. The van der Waals surface area contributed by atoms with Gasteiger partial charge in [0.05, 0.1) is 12.5 Å². The Morgan fingerprint density at radius 1 is 1.37 bits per heavy atom. The first-order valence-electron chi connectivity index (χ1n) is 6.36. The Bertz CT molecular complexity index is 516. The van der Waals surface area contributed by atoms with Gasteiger partial charge in [0.1, 0.15) is 6.29 Å². The molecule has 3 heteroatoms. The highest BCUT2D eigenvalue weighted by atomic mass is 16.5. The summed E-state index contributed by atoms with van der Waals surface area (Å²) in [6.45, 7) is 1.96. The molecule has 0 amide bonds. The Labute approximate surface area is 113 Å². The maximum atomic E-state index is 11.7. The molecular formula is C16H18O3. The van der Waals surface area contributed by atoms with Gasteiger partial charge in [-0.05, 0) is 24.1 Å². The van der Waals surface area contributed by atoms with Crippen LogP contribution < -0.4 is 0 Å². The molecule has 3 nitrogen and oxygen atoms in total. The topological polar surface area (TPSA) is 46.5 Å². The van der Waals surface area contributed by atoms with Gasteiger partial charge in [0.25, 0.3) is 0 Å². The Balaban J connectivity index is 2.53. The third kappa shape index (κ3) is 2.28. The molecule has 1 aliphatic carbocycles. The minimum absolute atomic E-state index is 0.0854. The van der Waals surface area contributed by atoms with Crippen LogP contribution in [0.3, 0.4) is 0 Å². The van der Waals surface area contributed by atoms with Crippen LogP contribution in [0.5, 0.6) is 0 Å². The summed E-state index contributed by atoms with van der Waals surface area (Å²) in [6.07, 6.45) is 5.03. The Hall–Kier alpha value is -2.03. The molecule has 100 valence electrons. The number of benzene rings is 1. The second-order valence-corrected chi connectivity index (χ2v) is 4.74. The molecule has 0 aliphatic heterocycles. The van der Waals surface area contributed by atoms with Gasteiger partial charge in [-0.1, -0.05) is 37.3 Å². The summed E-state index contributed by atoms with van der Waals surface area (Å²) in [6, 6.07) is 9.73. The SMILES string of the molecule is CCC1(C=O)C=C(OC)C(O)=CC1c1ccccc1. The predicted molar refractivity (Wildman–Crippen MR) is 73.8 cm³/mol. The van der Waals surface area contributed by atoms with Crippen molar-refractivity contribution in [2.75, 3.05) is 7.11 Å². The fourth-order valence-electron chi connectivity index (χ4n) is 2.55. The third-order valence-corrected chi connectivity index (χ3v) is 3.77. The maximum absolute atomic E-state index is 11.7. The van der Waals surface area contributed by atoms with Gasteiger partial charge in [0, 0.05) is 5.92 Å². The number of methoxy groups -OCH3 is 1. The summed E-state index contributed by atoms with van der Waals surface area (Å²) in [5, 5.41) is 9.98. The molecule has 2 unspecified atom stereocenters. The lowest BCUT2D eigenvalue weighted by atomic mass is 9.68. The highest BCUT2D eigenvalue weighted by Gasteiger charge is 2.39. The molecule has 0 saturated carbocycles. The van der Waals surface area contributed by atoms with Crippen molar-refractivity contribution in [2.24, 2.45) is 5.41 Å². The van der Waals surface area contributed by atoms with E-state index in [9.17, 15) is 9.90 Å². The summed E-state index contributed by atoms with van der Waals surface area (Å²) in [4.78, 5) is 11.7. The van der Waals surface area contributed by atoms with E-state index in [2.05, 4.69) is 0 Å². The van der Waals surface area contributed by atoms with Gasteiger partial charge in [-0.15, -0.1) is 0 Å². The Morgan fingerprint density at radius 2 is 2.05 bits per heavy atom. The van der Waals surface area contributed by atoms with E-state index in [0.29, 0.717) is 12.2 Å². The Kier molecular flexibility index (Phi) is 3.74. The van der Waals surface area contributed by atoms with E-state index in [0.717, 1.165) is 11.8 Å². The van der Waals surface area contributed by atoms with Gasteiger partial charge in [-0.2, -0.15) is 0 Å². The predicted octanol–water partition coefficient (Wildman–Crippen LogP) is 3.35. The maximum Gasteiger partial charge on any atom is 0.157 e. The smallest absolute Gasteiger partial charge is 0.157 e. The fraction of sp³-hybridized carbons (Fsp3) is 0.312. The minimum Gasteiger partial charge on any atom is -0.504 e. The normalized spacial score (nSPS) is 26.3. The zero-order chi connectivity index (χ0) is 13.9. The molecular weight excluding hydrogens is 240 g/mol. The number of aliphatic hydroxyl groups excluding tert-OH is 1. The number of ether oxygens (including phenoxy) is 1. The summed E-state index contributed by atoms with van der Waals surface area (Å²) in [7, 11) is 1.49. The zero-order valence-electron chi connectivity index (χ0n) is 11.2. The second kappa shape index (κ2) is 5.31. The van der Waals surface area contributed by atoms with Crippen LogP contribution in [-0.2, 0) is 9.53 Å². The van der Waals surface area contributed by atoms with E-state index in [4.69, 9.17) is 4.74 Å². The van der Waals surface area contributed by atoms with Crippen molar-refractivity contribution in [1.82, 2.24) is 0 Å². The van der Waals surface area contributed by atoms with E-state index in [-0.39, 0.29) is 11.7 Å². The Morgan fingerprint density at radius 3 is 2.58 bits per heavy atom. The molecule has 1 aliphatic rings. The standard InChI is InChI=1S/C16H18O3/c1-3-16(11-17)10-15(19-2)14(18)9-13(16)12-7-5-4-6-8-12/h4-11,13,18H,3H2,1-2H3. The molecule has 1 N–H and O–H groups in total. The van der Waals surface area contributed by atoms with Crippen molar-refractivity contribution in [3.8, 4) is 0 Å². The molecule has 19 heavy (non-hydrogen) atoms. The number of aliphatic hydroxyl groups is 1. The van der Waals surface area contributed by atoms with Crippen LogP contribution in [-0.4, -0.2) is 18.5 Å². The first-order valence-corrected chi connectivity index (χ1v) is 6.36. The number of carbonyl (C=O) groups excluding carboxylic acids is 1. The van der Waals surface area contributed by atoms with Crippen molar-refractivity contribution in [3.05, 3.63) is 59.6 Å². The molecule has 0 heterocycles. The number of aldehydes is 1. The molecule has 2 atom stereocenters. The van der Waals surface area contributed by atoms with E-state index in [1.54, 1.807) is 12.2 Å². The summed E-state index contributed by atoms with van der Waals surface area (Å²) in [5.41, 5.74) is 0.341. The van der Waals surface area contributed by atoms with E-state index in [1.165, 1.54) is 7.11 Å². The molecule has 1 aromatic rings. The molecule has 0 radical (unpaired) electrons. The first kappa shape index (κ1) is 13.4. The average molecular weight is 258 g/mol. The van der Waals surface area contributed by atoms with Gasteiger partial charge in [0.2, 0.25) is 0 Å². The van der Waals surface area contributed by atoms with Crippen molar-refractivity contribution < 1.29 is 14.6 Å². The van der Waals surface area contributed by atoms with Crippen LogP contribution in [0.2, 0.25) is 0 Å². The molecule has 2 rings (SSSR count). The molecule has 0 bridgehead atoms. The molecule has 0 saturated heterocycles. The van der Waals surface area contributed by atoms with Crippen molar-refractivity contribution in [3.63, 3.8) is 0 Å². The van der Waals surface area contributed by atoms with Crippen molar-refractivity contribution in [1.29, 1.82) is 0 Å². The van der Waals surface area contributed by atoms with Crippen molar-refractivity contribution >= 4 is 6.29 Å². The third-order valence-electron chi connectivity index (χ3n) is 3.77. The number of rotatable bonds is 4. The van der Waals surface area contributed by atoms with Crippen molar-refractivity contribution in [2.45, 2.75) is 19.3 Å². The second-order valence-electron chi connectivity index (χ2n) is 4.74. The highest BCUT2D eigenvalue weighted by Crippen LogP contribution is 2.44. The van der Waals surface area contributed by atoms with Gasteiger partial charge in [-0.3, -0.25) is 0 Å². The number of hydrogen-bond acceptors (Lipinski definition) is 3. The summed E-state index contributed by atoms with van der Waals surface area (Å²) < 4.78 is 5.13. The van der Waals surface area contributed by atoms with Crippen LogP contribution in [0.25, 0.3) is 0 Å². The quantitative estimate of drug-likeness (QED) is 0.842. The fourth-order valence-corrected chi connectivity index (χ4v) is 2.55. The number of hydrogen-bond donors (Lipinski definition) is 1. The van der Waals surface area contributed by atoms with Crippen LogP contribution in [0, 0.1) is 5.41 Å². The monoisotopic (exact) mass is 258 g/mol. The van der Waals surface area contributed by atoms with Crippen LogP contribution in [0.15, 0.2) is 54.0 Å². The van der Waals surface area contributed by atoms with Gasteiger partial charge >= 0.3 is 0 Å². The van der Waals surface area contributed by atoms with Gasteiger partial charge in [-0.25, -0.2) is 0 Å². The first-order chi connectivity index (χ1) is 9.16. The highest BCUT2D eigenvalue weighted by molar-refractivity contribution is 5.68. The molecule has 0 spiro atoms. The average Bonchev–Trinajstić information content (AvgIpc) is 2.48. The zero-order valence-corrected chi connectivity index (χ0v) is 11.2. The van der Waals surface area contributed by atoms with Crippen LogP contribution in [0.1, 0.15) is 24.8 Å². The summed E-state index contributed by atoms with van der Waals surface area (Å²) in [5.74, 6) is 0.276.